The van der Waals surface area contributed by atoms with E-state index in [1.54, 1.807) is 6.92 Å². The minimum Gasteiger partial charge on any atom is -0.300 e. The zero-order valence-corrected chi connectivity index (χ0v) is 16.2. The minimum atomic E-state index is 0. The average molecular weight is 329 g/mol. The number of rotatable bonds is 5. The highest BCUT2D eigenvalue weighted by Gasteiger charge is 2.29. The molecule has 1 aliphatic rings. The zero-order valence-electron chi connectivity index (χ0n) is 16.2. The lowest BCUT2D eigenvalue weighted by Gasteiger charge is -2.17. The molecule has 1 heteroatoms. The van der Waals surface area contributed by atoms with Crippen LogP contribution in [0.1, 0.15) is 64.1 Å². The standard InChI is InChI=1S/C14H22O.C9H12.H2/c1-4-5-6-7-14-11(2)8-9-13(14)10-12(3)15;1-7-4-8(2)6-9(3)5-7;/h5-6,13-14H,2,4,7-10H2,1,3H3;4-6H,1-3H3;1H/b6-5-;;/t13-,14+;;/m1../s1. The molecule has 1 aromatic carbocycles. The van der Waals surface area contributed by atoms with E-state index in [1.165, 1.54) is 22.3 Å². The first-order valence-corrected chi connectivity index (χ1v) is 9.20. The van der Waals surface area contributed by atoms with Gasteiger partial charge >= 0.3 is 0 Å². The van der Waals surface area contributed by atoms with Gasteiger partial charge in [-0.2, -0.15) is 0 Å². The largest absolute Gasteiger partial charge is 0.300 e. The number of benzene rings is 1. The molecule has 0 aromatic heterocycles. The molecule has 24 heavy (non-hydrogen) atoms. The van der Waals surface area contributed by atoms with E-state index in [-0.39, 0.29) is 1.43 Å². The van der Waals surface area contributed by atoms with E-state index in [0.29, 0.717) is 17.6 Å². The average Bonchev–Trinajstić information content (AvgIpc) is 2.79. The summed E-state index contributed by atoms with van der Waals surface area (Å²) < 4.78 is 0. The highest BCUT2D eigenvalue weighted by molar-refractivity contribution is 5.75. The number of carbonyl (C=O) groups is 1. The normalized spacial score (nSPS) is 20.1. The van der Waals surface area contributed by atoms with Crippen LogP contribution in [0.3, 0.4) is 0 Å². The van der Waals surface area contributed by atoms with Crippen molar-refractivity contribution in [2.75, 3.05) is 0 Å². The predicted octanol–water partition coefficient (Wildman–Crippen LogP) is 6.76. The Kier molecular flexibility index (Phi) is 8.74. The third kappa shape index (κ3) is 7.29. The van der Waals surface area contributed by atoms with Crippen LogP contribution in [0.25, 0.3) is 0 Å². The molecule has 0 bridgehead atoms. The molecule has 1 aromatic rings. The van der Waals surface area contributed by atoms with Crippen molar-refractivity contribution < 1.29 is 6.22 Å². The summed E-state index contributed by atoms with van der Waals surface area (Å²) in [5, 5.41) is 0. The molecule has 134 valence electrons. The van der Waals surface area contributed by atoms with Crippen molar-refractivity contribution in [3.05, 3.63) is 59.2 Å². The van der Waals surface area contributed by atoms with Gasteiger partial charge < -0.3 is 4.79 Å². The first-order chi connectivity index (χ1) is 11.3. The number of allylic oxidation sites excluding steroid dienone is 3. The van der Waals surface area contributed by atoms with Gasteiger partial charge in [-0.1, -0.05) is 66.1 Å². The molecule has 1 saturated carbocycles. The van der Waals surface area contributed by atoms with Crippen molar-refractivity contribution in [3.63, 3.8) is 0 Å². The number of hydrogen-bond acceptors (Lipinski definition) is 1. The quantitative estimate of drug-likeness (QED) is 0.545. The van der Waals surface area contributed by atoms with Crippen LogP contribution in [0.4, 0.5) is 0 Å². The molecule has 0 saturated heterocycles. The van der Waals surface area contributed by atoms with E-state index in [0.717, 1.165) is 32.1 Å². The second-order valence-corrected chi connectivity index (χ2v) is 7.25. The summed E-state index contributed by atoms with van der Waals surface area (Å²) in [4.78, 5) is 11.1. The van der Waals surface area contributed by atoms with Gasteiger partial charge in [0, 0.05) is 7.85 Å². The Bertz CT molecular complexity index is 535. The third-order valence-electron chi connectivity index (χ3n) is 4.64. The molecular weight excluding hydrogens is 292 g/mol. The summed E-state index contributed by atoms with van der Waals surface area (Å²) in [5.74, 6) is 1.42. The maximum atomic E-state index is 11.1. The monoisotopic (exact) mass is 328 g/mol. The smallest absolute Gasteiger partial charge is 0.130 e. The summed E-state index contributed by atoms with van der Waals surface area (Å²) in [7, 11) is 0. The Morgan fingerprint density at radius 2 is 1.71 bits per heavy atom. The zero-order chi connectivity index (χ0) is 18.1. The lowest BCUT2D eigenvalue weighted by Crippen LogP contribution is -2.11. The van der Waals surface area contributed by atoms with Gasteiger partial charge in [-0.3, -0.25) is 0 Å². The van der Waals surface area contributed by atoms with Crippen LogP contribution in [0.5, 0.6) is 0 Å². The van der Waals surface area contributed by atoms with E-state index in [1.807, 2.05) is 0 Å². The number of carbonyl (C=O) groups excluding carboxylic acids is 1. The number of hydrogen-bond donors (Lipinski definition) is 0. The van der Waals surface area contributed by atoms with Gasteiger partial charge in [-0.25, -0.2) is 0 Å². The van der Waals surface area contributed by atoms with Crippen molar-refractivity contribution in [2.24, 2.45) is 11.8 Å². The van der Waals surface area contributed by atoms with Gasteiger partial charge in [0.15, 0.2) is 0 Å². The number of Topliss-reactive ketones (excluding diaryl/α,β-unsaturated/α-hetero) is 1. The predicted molar refractivity (Wildman–Crippen MR) is 107 cm³/mol. The van der Waals surface area contributed by atoms with E-state index >= 15 is 0 Å². The molecule has 2 atom stereocenters. The fourth-order valence-electron chi connectivity index (χ4n) is 3.68. The van der Waals surface area contributed by atoms with E-state index < -0.39 is 0 Å². The molecule has 0 radical (unpaired) electrons. The molecule has 0 heterocycles. The van der Waals surface area contributed by atoms with Crippen LogP contribution >= 0.6 is 0 Å². The van der Waals surface area contributed by atoms with Crippen LogP contribution in [0.15, 0.2) is 42.5 Å². The first kappa shape index (κ1) is 20.4. The summed E-state index contributed by atoms with van der Waals surface area (Å²) >= 11 is 0. The molecule has 1 aliphatic carbocycles. The van der Waals surface area contributed by atoms with Crippen molar-refractivity contribution in [2.45, 2.75) is 66.7 Å². The third-order valence-corrected chi connectivity index (χ3v) is 4.64. The van der Waals surface area contributed by atoms with Gasteiger partial charge in [-0.05, 0) is 65.2 Å². The van der Waals surface area contributed by atoms with E-state index in [4.69, 9.17) is 0 Å². The van der Waals surface area contributed by atoms with Gasteiger partial charge in [0.25, 0.3) is 0 Å². The number of ketones is 1. The van der Waals surface area contributed by atoms with Crippen LogP contribution in [0.2, 0.25) is 0 Å². The Balaban J connectivity index is 0.000000495. The van der Waals surface area contributed by atoms with Crippen LogP contribution < -0.4 is 0 Å². The summed E-state index contributed by atoms with van der Waals surface area (Å²) in [6.45, 7) is 14.3. The SMILES string of the molecule is C=C1CC[C@H](CC(C)=O)[C@H]1C/C=C\CC.Cc1cc(C)cc(C)c1.[HH]. The molecule has 1 nitrogen and oxygen atoms in total. The molecule has 1 fully saturated rings. The highest BCUT2D eigenvalue weighted by Crippen LogP contribution is 2.40. The molecule has 0 aliphatic heterocycles. The lowest BCUT2D eigenvalue weighted by atomic mass is 9.87. The van der Waals surface area contributed by atoms with E-state index in [2.05, 4.69) is 64.6 Å². The van der Waals surface area contributed by atoms with Crippen LogP contribution in [-0.2, 0) is 4.79 Å². The van der Waals surface area contributed by atoms with Crippen LogP contribution in [-0.4, -0.2) is 5.78 Å². The number of aryl methyl sites for hydroxylation is 3. The Labute approximate surface area is 150 Å². The first-order valence-electron chi connectivity index (χ1n) is 9.20. The van der Waals surface area contributed by atoms with Crippen molar-refractivity contribution in [3.8, 4) is 0 Å². The highest BCUT2D eigenvalue weighted by atomic mass is 16.1. The van der Waals surface area contributed by atoms with Crippen molar-refractivity contribution in [1.29, 1.82) is 0 Å². The Hall–Kier alpha value is -1.63. The Morgan fingerprint density at radius 1 is 1.17 bits per heavy atom. The lowest BCUT2D eigenvalue weighted by molar-refractivity contribution is -0.118. The second kappa shape index (κ2) is 10.3. The maximum absolute atomic E-state index is 11.1. The Morgan fingerprint density at radius 3 is 2.17 bits per heavy atom. The van der Waals surface area contributed by atoms with Crippen molar-refractivity contribution >= 4 is 5.78 Å². The molecular formula is C23H36O. The molecule has 0 spiro atoms. The fourth-order valence-corrected chi connectivity index (χ4v) is 3.68. The summed E-state index contributed by atoms with van der Waals surface area (Å²) in [6.07, 6.45) is 9.63. The van der Waals surface area contributed by atoms with Gasteiger partial charge in [-0.15, -0.1) is 0 Å². The van der Waals surface area contributed by atoms with E-state index in [9.17, 15) is 4.79 Å². The van der Waals surface area contributed by atoms with Gasteiger partial charge in [0.05, 0.1) is 0 Å². The van der Waals surface area contributed by atoms with Gasteiger partial charge in [0.2, 0.25) is 0 Å². The molecule has 0 amide bonds. The van der Waals surface area contributed by atoms with Gasteiger partial charge in [0.1, 0.15) is 5.78 Å². The van der Waals surface area contributed by atoms with Crippen LogP contribution in [0, 0.1) is 32.6 Å². The molecule has 2 rings (SSSR count). The summed E-state index contributed by atoms with van der Waals surface area (Å²) in [6, 6.07) is 6.56. The molecule has 0 unspecified atom stereocenters. The minimum absolute atomic E-state index is 0. The maximum Gasteiger partial charge on any atom is 0.130 e. The fraction of sp³-hybridized carbons (Fsp3) is 0.522. The topological polar surface area (TPSA) is 17.1 Å². The molecule has 0 N–H and O–H groups in total. The summed E-state index contributed by atoms with van der Waals surface area (Å²) in [5.41, 5.74) is 5.41. The second-order valence-electron chi connectivity index (χ2n) is 7.25. The van der Waals surface area contributed by atoms with Crippen molar-refractivity contribution in [1.82, 2.24) is 0 Å².